The van der Waals surface area contributed by atoms with Gasteiger partial charge in [-0.05, 0) is 24.8 Å². The number of hydrogen-bond acceptors (Lipinski definition) is 3. The summed E-state index contributed by atoms with van der Waals surface area (Å²) in [4.78, 5) is 5.36. The van der Waals surface area contributed by atoms with Crippen molar-refractivity contribution in [3.63, 3.8) is 0 Å². The molecule has 1 fully saturated rings. The number of benzene rings is 1. The van der Waals surface area contributed by atoms with Crippen LogP contribution in [0.4, 0.5) is 0 Å². The standard InChI is InChI=1S/C12H17NO2/c14-12-8-4-7-11(12)13-15-9-10-5-2-1-3-6-10/h1-3,5-6,11-14H,4,7-9H2. The highest BCUT2D eigenvalue weighted by Gasteiger charge is 2.24. The van der Waals surface area contributed by atoms with Gasteiger partial charge in [0, 0.05) is 0 Å². The fraction of sp³-hybridized carbons (Fsp3) is 0.500. The van der Waals surface area contributed by atoms with Gasteiger partial charge in [0.1, 0.15) is 0 Å². The van der Waals surface area contributed by atoms with Crippen molar-refractivity contribution in [1.29, 1.82) is 0 Å². The van der Waals surface area contributed by atoms with Crippen molar-refractivity contribution in [3.05, 3.63) is 35.9 Å². The Balaban J connectivity index is 1.71. The van der Waals surface area contributed by atoms with E-state index < -0.39 is 0 Å². The Hall–Kier alpha value is -0.900. The highest BCUT2D eigenvalue weighted by Crippen LogP contribution is 2.18. The summed E-state index contributed by atoms with van der Waals surface area (Å²) in [6.45, 7) is 0.546. The van der Waals surface area contributed by atoms with E-state index in [1.165, 1.54) is 0 Å². The predicted octanol–water partition coefficient (Wildman–Crippen LogP) is 1.62. The molecule has 0 saturated heterocycles. The molecule has 2 rings (SSSR count). The van der Waals surface area contributed by atoms with Crippen LogP contribution in [0.15, 0.2) is 30.3 Å². The minimum Gasteiger partial charge on any atom is -0.391 e. The Kier molecular flexibility index (Phi) is 3.72. The van der Waals surface area contributed by atoms with Crippen LogP contribution >= 0.6 is 0 Å². The molecule has 0 heterocycles. The topological polar surface area (TPSA) is 41.5 Å². The smallest absolute Gasteiger partial charge is 0.0933 e. The summed E-state index contributed by atoms with van der Waals surface area (Å²) >= 11 is 0. The highest BCUT2D eigenvalue weighted by molar-refractivity contribution is 5.13. The lowest BCUT2D eigenvalue weighted by Crippen LogP contribution is -2.35. The second kappa shape index (κ2) is 5.26. The lowest BCUT2D eigenvalue weighted by atomic mass is 10.2. The molecule has 2 N–H and O–H groups in total. The molecule has 82 valence electrons. The van der Waals surface area contributed by atoms with Gasteiger partial charge in [-0.2, -0.15) is 5.48 Å². The van der Waals surface area contributed by atoms with Crippen molar-refractivity contribution in [3.8, 4) is 0 Å². The summed E-state index contributed by atoms with van der Waals surface area (Å²) in [6, 6.07) is 10.1. The van der Waals surface area contributed by atoms with Crippen LogP contribution in [0.2, 0.25) is 0 Å². The van der Waals surface area contributed by atoms with Crippen LogP contribution in [0.1, 0.15) is 24.8 Å². The van der Waals surface area contributed by atoms with E-state index in [0.29, 0.717) is 6.61 Å². The third kappa shape index (κ3) is 3.02. The van der Waals surface area contributed by atoms with Crippen LogP contribution in [-0.4, -0.2) is 17.3 Å². The zero-order valence-corrected chi connectivity index (χ0v) is 8.73. The zero-order valence-electron chi connectivity index (χ0n) is 8.73. The third-order valence-electron chi connectivity index (χ3n) is 2.80. The quantitative estimate of drug-likeness (QED) is 0.737. The maximum absolute atomic E-state index is 9.54. The van der Waals surface area contributed by atoms with E-state index in [9.17, 15) is 5.11 Å². The Morgan fingerprint density at radius 1 is 1.27 bits per heavy atom. The van der Waals surface area contributed by atoms with Crippen LogP contribution < -0.4 is 5.48 Å². The molecule has 1 aliphatic carbocycles. The number of hydroxylamine groups is 1. The van der Waals surface area contributed by atoms with Gasteiger partial charge in [-0.25, -0.2) is 0 Å². The maximum Gasteiger partial charge on any atom is 0.0933 e. The number of nitrogens with one attached hydrogen (secondary N) is 1. The largest absolute Gasteiger partial charge is 0.391 e. The van der Waals surface area contributed by atoms with Crippen molar-refractivity contribution in [1.82, 2.24) is 5.48 Å². The van der Waals surface area contributed by atoms with Gasteiger partial charge in [0.25, 0.3) is 0 Å². The van der Waals surface area contributed by atoms with Crippen LogP contribution in [0.25, 0.3) is 0 Å². The van der Waals surface area contributed by atoms with E-state index >= 15 is 0 Å². The van der Waals surface area contributed by atoms with Crippen molar-refractivity contribution < 1.29 is 9.94 Å². The number of hydrogen-bond donors (Lipinski definition) is 2. The first-order chi connectivity index (χ1) is 7.36. The SMILES string of the molecule is OC1CCCC1NOCc1ccccc1. The van der Waals surface area contributed by atoms with Crippen molar-refractivity contribution in [2.45, 2.75) is 38.0 Å². The summed E-state index contributed by atoms with van der Waals surface area (Å²) in [5.74, 6) is 0. The van der Waals surface area contributed by atoms with Crippen molar-refractivity contribution in [2.75, 3.05) is 0 Å². The Labute approximate surface area is 90.0 Å². The molecule has 1 aromatic rings. The van der Waals surface area contributed by atoms with E-state index in [0.717, 1.165) is 24.8 Å². The monoisotopic (exact) mass is 207 g/mol. The molecule has 0 amide bonds. The summed E-state index contributed by atoms with van der Waals surface area (Å²) in [5.41, 5.74) is 4.07. The molecule has 15 heavy (non-hydrogen) atoms. The second-order valence-corrected chi connectivity index (χ2v) is 4.00. The van der Waals surface area contributed by atoms with Gasteiger partial charge in [0.15, 0.2) is 0 Å². The van der Waals surface area contributed by atoms with E-state index in [-0.39, 0.29) is 12.1 Å². The van der Waals surface area contributed by atoms with Gasteiger partial charge in [-0.1, -0.05) is 30.3 Å². The van der Waals surface area contributed by atoms with Gasteiger partial charge < -0.3 is 5.11 Å². The average molecular weight is 207 g/mol. The van der Waals surface area contributed by atoms with Crippen LogP contribution in [0, 0.1) is 0 Å². The molecular formula is C12H17NO2. The fourth-order valence-electron chi connectivity index (χ4n) is 1.88. The maximum atomic E-state index is 9.54. The molecule has 0 radical (unpaired) electrons. The second-order valence-electron chi connectivity index (χ2n) is 4.00. The minimum absolute atomic E-state index is 0.105. The summed E-state index contributed by atoms with van der Waals surface area (Å²) in [5, 5.41) is 9.54. The first kappa shape index (κ1) is 10.6. The molecule has 0 bridgehead atoms. The van der Waals surface area contributed by atoms with E-state index in [1.54, 1.807) is 0 Å². The number of aliphatic hydroxyl groups is 1. The molecule has 2 unspecified atom stereocenters. The first-order valence-corrected chi connectivity index (χ1v) is 5.45. The molecular weight excluding hydrogens is 190 g/mol. The van der Waals surface area contributed by atoms with Gasteiger partial charge in [-0.3, -0.25) is 4.84 Å². The Morgan fingerprint density at radius 2 is 2.07 bits per heavy atom. The lowest BCUT2D eigenvalue weighted by molar-refractivity contribution is -0.0228. The molecule has 1 aromatic carbocycles. The molecule has 0 aliphatic heterocycles. The molecule has 3 heteroatoms. The number of rotatable bonds is 4. The highest BCUT2D eigenvalue weighted by atomic mass is 16.6. The zero-order chi connectivity index (χ0) is 10.5. The fourth-order valence-corrected chi connectivity index (χ4v) is 1.88. The van der Waals surface area contributed by atoms with Crippen LogP contribution in [0.5, 0.6) is 0 Å². The Bertz CT molecular complexity index is 289. The number of aliphatic hydroxyl groups excluding tert-OH is 1. The lowest BCUT2D eigenvalue weighted by Gasteiger charge is -2.15. The normalized spacial score (nSPS) is 25.7. The molecule has 0 spiro atoms. The van der Waals surface area contributed by atoms with Gasteiger partial charge in [0.2, 0.25) is 0 Å². The van der Waals surface area contributed by atoms with Crippen LogP contribution in [-0.2, 0) is 11.4 Å². The van der Waals surface area contributed by atoms with Gasteiger partial charge in [0.05, 0.1) is 18.8 Å². The molecule has 2 atom stereocenters. The molecule has 1 saturated carbocycles. The van der Waals surface area contributed by atoms with Gasteiger partial charge in [-0.15, -0.1) is 0 Å². The average Bonchev–Trinajstić information content (AvgIpc) is 2.66. The summed E-state index contributed by atoms with van der Waals surface area (Å²) in [6.07, 6.45) is 2.70. The summed E-state index contributed by atoms with van der Waals surface area (Å²) < 4.78 is 0. The first-order valence-electron chi connectivity index (χ1n) is 5.45. The molecule has 0 aromatic heterocycles. The molecule has 1 aliphatic rings. The summed E-state index contributed by atoms with van der Waals surface area (Å²) in [7, 11) is 0. The minimum atomic E-state index is -0.249. The molecule has 3 nitrogen and oxygen atoms in total. The van der Waals surface area contributed by atoms with Crippen molar-refractivity contribution >= 4 is 0 Å². The Morgan fingerprint density at radius 3 is 2.73 bits per heavy atom. The van der Waals surface area contributed by atoms with E-state index in [2.05, 4.69) is 5.48 Å². The van der Waals surface area contributed by atoms with E-state index in [4.69, 9.17) is 4.84 Å². The van der Waals surface area contributed by atoms with Gasteiger partial charge >= 0.3 is 0 Å². The third-order valence-corrected chi connectivity index (χ3v) is 2.80. The van der Waals surface area contributed by atoms with Crippen molar-refractivity contribution in [2.24, 2.45) is 0 Å². The van der Waals surface area contributed by atoms with Crippen LogP contribution in [0.3, 0.4) is 0 Å². The predicted molar refractivity (Wildman–Crippen MR) is 58.0 cm³/mol. The van der Waals surface area contributed by atoms with E-state index in [1.807, 2.05) is 30.3 Å².